The predicted octanol–water partition coefficient (Wildman–Crippen LogP) is 3.17. The molecular weight excluding hydrogens is 614 g/mol. The number of nitro groups is 1. The molecule has 2 aliphatic rings. The number of carboxylic acids is 1. The van der Waals surface area contributed by atoms with E-state index >= 15 is 0 Å². The van der Waals surface area contributed by atoms with Crippen molar-refractivity contribution < 1.29 is 28.4 Å². The minimum absolute atomic E-state index is 0. The Labute approximate surface area is 264 Å². The van der Waals surface area contributed by atoms with Crippen molar-refractivity contribution in [2.24, 2.45) is 0 Å². The normalized spacial score (nSPS) is 17.0. The first-order valence-electron chi connectivity index (χ1n) is 12.4. The van der Waals surface area contributed by atoms with E-state index in [9.17, 15) is 28.5 Å². The van der Waals surface area contributed by atoms with Crippen LogP contribution in [0.3, 0.4) is 0 Å². The number of nitro benzene ring substituents is 1. The van der Waals surface area contributed by atoms with Crippen molar-refractivity contribution in [3.8, 4) is 0 Å². The highest BCUT2D eigenvalue weighted by molar-refractivity contribution is 7.59. The Kier molecular flexibility index (Phi) is 19.2. The van der Waals surface area contributed by atoms with Gasteiger partial charge in [-0.1, -0.05) is 0 Å². The summed E-state index contributed by atoms with van der Waals surface area (Å²) in [6, 6.07) is 7.70. The molecule has 4 rings (SSSR count). The number of benzene rings is 2. The van der Waals surface area contributed by atoms with E-state index in [1.54, 1.807) is 11.0 Å². The number of rotatable bonds is 5. The van der Waals surface area contributed by atoms with Crippen LogP contribution < -0.4 is 11.1 Å². The van der Waals surface area contributed by atoms with Gasteiger partial charge in [-0.15, -0.1) is 12.4 Å². The van der Waals surface area contributed by atoms with Crippen molar-refractivity contribution in [2.45, 2.75) is 24.9 Å². The lowest BCUT2D eigenvalue weighted by Crippen LogP contribution is -2.34. The van der Waals surface area contributed by atoms with Crippen molar-refractivity contribution >= 4 is 62.6 Å². The summed E-state index contributed by atoms with van der Waals surface area (Å²) in [4.78, 5) is 37.9. The molecule has 0 unspecified atom stereocenters. The summed E-state index contributed by atoms with van der Waals surface area (Å²) in [6.45, 7) is 3.69. The van der Waals surface area contributed by atoms with Crippen LogP contribution in [-0.2, 0) is 0 Å². The van der Waals surface area contributed by atoms with Gasteiger partial charge in [0, 0.05) is 43.5 Å². The van der Waals surface area contributed by atoms with Crippen LogP contribution >= 0.6 is 39.4 Å². The van der Waals surface area contributed by atoms with E-state index in [4.69, 9.17) is 10.8 Å². The quantitative estimate of drug-likeness (QED) is 0.251. The third kappa shape index (κ3) is 12.3. The number of hydrogen-bond acceptors (Lipinski definition) is 8. The molecule has 16 heteroatoms. The number of likely N-dealkylation sites (N-methyl/N-ethyl adjacent to an activating group) is 2. The van der Waals surface area contributed by atoms with Crippen LogP contribution in [0.1, 0.15) is 33.6 Å². The van der Waals surface area contributed by atoms with Crippen LogP contribution in [-0.4, -0.2) is 103 Å². The van der Waals surface area contributed by atoms with Gasteiger partial charge < -0.3 is 30.9 Å². The maximum atomic E-state index is 13.7. The van der Waals surface area contributed by atoms with Crippen molar-refractivity contribution in [1.29, 1.82) is 0 Å². The first-order chi connectivity index (χ1) is 18.3. The fraction of sp³-hybridized carbons (Fsp3) is 0.462. The summed E-state index contributed by atoms with van der Waals surface area (Å²) in [7, 11) is 8.25. The maximum absolute atomic E-state index is 13.7. The molecule has 2 aliphatic heterocycles. The van der Waals surface area contributed by atoms with E-state index in [0.29, 0.717) is 30.9 Å². The van der Waals surface area contributed by atoms with Crippen molar-refractivity contribution in [1.82, 2.24) is 20.0 Å². The number of anilines is 1. The largest absolute Gasteiger partial charge is 0.478 e. The number of nitrogen functional groups attached to an aromatic ring is 1. The predicted molar refractivity (Wildman–Crippen MR) is 172 cm³/mol. The van der Waals surface area contributed by atoms with Gasteiger partial charge in [-0.2, -0.15) is 27.0 Å². The molecule has 1 amide bonds. The molecule has 238 valence electrons. The molecule has 0 bridgehead atoms. The molecule has 2 fully saturated rings. The highest BCUT2D eigenvalue weighted by Gasteiger charge is 2.29. The maximum Gasteiger partial charge on any atom is 0.338 e. The Morgan fingerprint density at radius 2 is 1.57 bits per heavy atom. The van der Waals surface area contributed by atoms with Gasteiger partial charge in [0.05, 0.1) is 22.1 Å². The first-order valence-corrected chi connectivity index (χ1v) is 12.4. The van der Waals surface area contributed by atoms with Gasteiger partial charge in [0.2, 0.25) is 0 Å². The van der Waals surface area contributed by atoms with E-state index < -0.39 is 33.8 Å². The standard InChI is InChI=1S/C13H18FN3O.C7H4FNO4.C6H14N2.ClH.2H2S/c1-16(2)10-5-6-17(8-10)13(18)11-4-3-9(15)7-12(11)14;8-6-3-4(9(12)13)1-2-5(6)7(10)11;1-8(2)6-3-4-7-5-6;;;/h3-4,7,10H,5-6,8,15H2,1-2H3;1-3H,(H,10,11);6-7H,3-5H2,1-2H3;1H;2*1H2/t10-;;6-;;;/m0.0.../s1. The SMILES string of the molecule is CN(C)[C@H]1CCN(C(=O)c2ccc(N)cc2F)C1.CN(C)[C@H]1CCNC1.Cl.O=C(O)c1ccc([N+](=O)[O-])cc1F.S.S. The number of hydrogen-bond donors (Lipinski definition) is 3. The summed E-state index contributed by atoms with van der Waals surface area (Å²) >= 11 is 0. The monoisotopic (exact) mass is 654 g/mol. The third-order valence-corrected chi connectivity index (χ3v) is 6.56. The van der Waals surface area contributed by atoms with Crippen LogP contribution in [0.15, 0.2) is 36.4 Å². The highest BCUT2D eigenvalue weighted by Crippen LogP contribution is 2.19. The fourth-order valence-corrected chi connectivity index (χ4v) is 4.09. The van der Waals surface area contributed by atoms with Crippen molar-refractivity contribution in [3.63, 3.8) is 0 Å². The second-order valence-corrected chi connectivity index (χ2v) is 9.73. The van der Waals surface area contributed by atoms with E-state index in [0.717, 1.165) is 24.6 Å². The first kappa shape index (κ1) is 41.4. The molecule has 4 N–H and O–H groups in total. The average Bonchev–Trinajstić information content (AvgIpc) is 3.57. The fourth-order valence-electron chi connectivity index (χ4n) is 4.09. The topological polar surface area (TPSA) is 145 Å². The molecule has 0 aliphatic carbocycles. The summed E-state index contributed by atoms with van der Waals surface area (Å²) < 4.78 is 26.4. The minimum Gasteiger partial charge on any atom is -0.478 e. The van der Waals surface area contributed by atoms with Gasteiger partial charge in [-0.25, -0.2) is 13.6 Å². The summed E-state index contributed by atoms with van der Waals surface area (Å²) in [5.41, 5.74) is 4.85. The lowest BCUT2D eigenvalue weighted by Gasteiger charge is -2.20. The number of carboxylic acid groups (broad SMARTS) is 1. The van der Waals surface area contributed by atoms with Crippen LogP contribution in [0.4, 0.5) is 20.2 Å². The van der Waals surface area contributed by atoms with Crippen molar-refractivity contribution in [3.05, 3.63) is 69.3 Å². The zero-order valence-corrected chi connectivity index (χ0v) is 26.8. The molecule has 2 aromatic carbocycles. The number of amides is 1. The van der Waals surface area contributed by atoms with Gasteiger partial charge in [0.25, 0.3) is 11.6 Å². The molecule has 2 atom stereocenters. The van der Waals surface area contributed by atoms with Gasteiger partial charge in [0.15, 0.2) is 0 Å². The van der Waals surface area contributed by atoms with Gasteiger partial charge in [0.1, 0.15) is 11.6 Å². The molecule has 0 aromatic heterocycles. The van der Waals surface area contributed by atoms with Gasteiger partial charge >= 0.3 is 5.97 Å². The van der Waals surface area contributed by atoms with Gasteiger partial charge in [-0.05, 0) is 71.8 Å². The molecule has 42 heavy (non-hydrogen) atoms. The Morgan fingerprint density at radius 1 is 1.00 bits per heavy atom. The molecule has 2 aromatic rings. The van der Waals surface area contributed by atoms with E-state index in [-0.39, 0.29) is 50.9 Å². The molecule has 2 heterocycles. The van der Waals surface area contributed by atoms with Crippen LogP contribution in [0.5, 0.6) is 0 Å². The summed E-state index contributed by atoms with van der Waals surface area (Å²) in [5.74, 6) is -3.36. The van der Waals surface area contributed by atoms with Gasteiger partial charge in [-0.3, -0.25) is 14.9 Å². The molecule has 0 spiro atoms. The number of nitrogens with zero attached hydrogens (tertiary/aromatic N) is 4. The second-order valence-electron chi connectivity index (χ2n) is 9.73. The molecule has 2 saturated heterocycles. The van der Waals surface area contributed by atoms with Crippen molar-refractivity contribution in [2.75, 3.05) is 60.1 Å². The number of halogens is 3. The summed E-state index contributed by atoms with van der Waals surface area (Å²) in [6.07, 6.45) is 2.24. The Balaban J connectivity index is 0. The van der Waals surface area contributed by atoms with Crippen LogP contribution in [0, 0.1) is 21.7 Å². The van der Waals surface area contributed by atoms with Crippen LogP contribution in [0.2, 0.25) is 0 Å². The van der Waals surface area contributed by atoms with E-state index in [1.165, 1.54) is 31.6 Å². The number of carbonyl (C=O) groups is 2. The molecule has 0 saturated carbocycles. The summed E-state index contributed by atoms with van der Waals surface area (Å²) in [5, 5.41) is 21.8. The molecule has 11 nitrogen and oxygen atoms in total. The minimum atomic E-state index is -1.45. The average molecular weight is 655 g/mol. The number of likely N-dealkylation sites (tertiary alicyclic amines) is 1. The number of aromatic carboxylic acids is 1. The number of non-ortho nitro benzene ring substituents is 1. The highest BCUT2D eigenvalue weighted by atomic mass is 35.5. The zero-order valence-electron chi connectivity index (χ0n) is 24.0. The Hall–Kier alpha value is -2.69. The second kappa shape index (κ2) is 19.5. The zero-order chi connectivity index (χ0) is 29.3. The lowest BCUT2D eigenvalue weighted by molar-refractivity contribution is -0.385. The lowest BCUT2D eigenvalue weighted by atomic mass is 10.1. The third-order valence-electron chi connectivity index (χ3n) is 6.56. The van der Waals surface area contributed by atoms with E-state index in [2.05, 4.69) is 29.2 Å². The molecule has 0 radical (unpaired) electrons. The number of carbonyl (C=O) groups excluding carboxylic acids is 1. The number of nitrogens with one attached hydrogen (secondary N) is 1. The number of nitrogens with two attached hydrogens (primary N) is 1. The Morgan fingerprint density at radius 3 is 1.98 bits per heavy atom. The molecular formula is C26H41ClF2N6O5S2. The smallest absolute Gasteiger partial charge is 0.338 e. The Bertz CT molecular complexity index is 1180. The van der Waals surface area contributed by atoms with Crippen LogP contribution in [0.25, 0.3) is 0 Å². The van der Waals surface area contributed by atoms with E-state index in [1.807, 2.05) is 14.1 Å².